The Hall–Kier alpha value is -8.27. The number of rotatable bonds is 26. The molecule has 128 heavy (non-hydrogen) atoms. The second kappa shape index (κ2) is 43.4. The first-order valence-electron chi connectivity index (χ1n) is 44.7. The van der Waals surface area contributed by atoms with Crippen molar-refractivity contribution in [2.75, 3.05) is 220 Å². The number of aromatic nitrogens is 4. The molecule has 9 heterocycles. The molecular formula is C93H130Cl3N20O8P3S. The highest BCUT2D eigenvalue weighted by Gasteiger charge is 2.34. The first-order valence-corrected chi connectivity index (χ1v) is 55.2. The predicted molar refractivity (Wildman–Crippen MR) is 535 cm³/mol. The fraction of sp³-hybridized carbons (Fsp3) is 0.505. The Morgan fingerprint density at radius 3 is 1.34 bits per heavy atom. The third-order valence-corrected chi connectivity index (χ3v) is 32.8. The average molecular weight is 1890 g/mol. The number of methoxy groups -OCH3 is 2. The second-order valence-corrected chi connectivity index (χ2v) is 49.6. The van der Waals surface area contributed by atoms with E-state index in [4.69, 9.17) is 54.0 Å². The number of guanidine groups is 1. The molecule has 6 N–H and O–H groups in total. The molecular weight excluding hydrogens is 1760 g/mol. The fourth-order valence-electron chi connectivity index (χ4n) is 17.4. The van der Waals surface area contributed by atoms with Crippen molar-refractivity contribution in [3.63, 3.8) is 0 Å². The maximum absolute atomic E-state index is 13.6. The number of ether oxygens (including phenoxy) is 3. The molecule has 6 saturated heterocycles. The molecule has 2 aromatic heterocycles. The monoisotopic (exact) mass is 1880 g/mol. The zero-order chi connectivity index (χ0) is 91.4. The number of hydrogen-bond acceptors (Lipinski definition) is 28. The molecule has 0 spiro atoms. The first-order chi connectivity index (χ1) is 61.0. The van der Waals surface area contributed by atoms with E-state index in [1.54, 1.807) is 104 Å². The maximum atomic E-state index is 13.6. The Kier molecular flexibility index (Phi) is 33.0. The van der Waals surface area contributed by atoms with Crippen LogP contribution in [0.1, 0.15) is 86.0 Å². The molecule has 6 fully saturated rings. The van der Waals surface area contributed by atoms with Crippen LogP contribution < -0.4 is 76.7 Å². The summed E-state index contributed by atoms with van der Waals surface area (Å²) < 4.78 is 83.1. The highest BCUT2D eigenvalue weighted by Crippen LogP contribution is 2.44. The Morgan fingerprint density at radius 2 is 0.875 bits per heavy atom. The molecule has 0 bridgehead atoms. The van der Waals surface area contributed by atoms with E-state index in [-0.39, 0.29) is 27.8 Å². The van der Waals surface area contributed by atoms with E-state index in [0.29, 0.717) is 69.0 Å². The number of halogens is 3. The van der Waals surface area contributed by atoms with Gasteiger partial charge in [0.2, 0.25) is 17.9 Å². The summed E-state index contributed by atoms with van der Waals surface area (Å²) in [6.45, 7) is 37.7. The molecule has 8 aromatic rings. The molecule has 0 radical (unpaired) electrons. The van der Waals surface area contributed by atoms with Gasteiger partial charge in [-0.3, -0.25) is 9.80 Å². The number of hydrogen-bond donors (Lipinski definition) is 6. The van der Waals surface area contributed by atoms with Crippen molar-refractivity contribution in [1.82, 2.24) is 44.4 Å². The molecule has 28 nitrogen and oxygen atoms in total. The SMILES string of the molecule is CC(C)Oc1cc(N2CCC(N3CCN(C)CC3)CC2)ccc1Nc1ncc(Cl)c(Nc2ccccc2P(C)(C)=O)n1.COc1cc(N2CCC(N3CCC(C)CC3)CC2)ccc1NC1=NC(Nc2ccccc2P(C)(C)=O)C(Cl)C=N1.COc1cc(P(C)(C)=O)ccc1Nc1ncc(Cl)c(Nc2ccc(N3CCC(N4CCN(C)CC4)CC3)cc2S(=O)(=O)C(C)C)n1. The summed E-state index contributed by atoms with van der Waals surface area (Å²) in [4.78, 5) is 47.3. The van der Waals surface area contributed by atoms with E-state index >= 15 is 0 Å². The lowest BCUT2D eigenvalue weighted by atomic mass is 9.95. The summed E-state index contributed by atoms with van der Waals surface area (Å²) in [6, 6.07) is 40.4. The van der Waals surface area contributed by atoms with Crippen molar-refractivity contribution in [2.45, 2.75) is 132 Å². The van der Waals surface area contributed by atoms with Crippen LogP contribution in [0.3, 0.4) is 0 Å². The summed E-state index contributed by atoms with van der Waals surface area (Å²) in [5, 5.41) is 21.3. The summed E-state index contributed by atoms with van der Waals surface area (Å²) in [7, 11) is -3.54. The number of anilines is 13. The number of aliphatic imine (C=N–C) groups is 2. The van der Waals surface area contributed by atoms with Crippen LogP contribution >= 0.6 is 56.2 Å². The summed E-state index contributed by atoms with van der Waals surface area (Å²) in [5.41, 5.74) is 7.23. The van der Waals surface area contributed by atoms with Gasteiger partial charge in [0.25, 0.3) is 0 Å². The molecule has 0 aliphatic carbocycles. The minimum atomic E-state index is -3.66. The third kappa shape index (κ3) is 25.5. The van der Waals surface area contributed by atoms with E-state index < -0.39 is 48.1 Å². The molecule has 0 amide bonds. The highest BCUT2D eigenvalue weighted by atomic mass is 35.5. The zero-order valence-electron chi connectivity index (χ0n) is 76.8. The van der Waals surface area contributed by atoms with Crippen molar-refractivity contribution in [1.29, 1.82) is 0 Å². The van der Waals surface area contributed by atoms with Gasteiger partial charge in [-0.25, -0.2) is 28.4 Å². The van der Waals surface area contributed by atoms with Gasteiger partial charge in [-0.2, -0.15) is 9.97 Å². The van der Waals surface area contributed by atoms with Crippen LogP contribution in [0.4, 0.5) is 74.7 Å². The second-order valence-electron chi connectivity index (χ2n) is 36.2. The van der Waals surface area contributed by atoms with E-state index in [2.05, 4.69) is 141 Å². The number of nitrogens with one attached hydrogen (secondary N) is 6. The normalized spacial score (nSPS) is 19.2. The number of para-hydroxylation sites is 2. The van der Waals surface area contributed by atoms with Crippen LogP contribution in [-0.4, -0.2) is 279 Å². The van der Waals surface area contributed by atoms with Gasteiger partial charge in [0.05, 0.1) is 71.3 Å². The lowest BCUT2D eigenvalue weighted by Crippen LogP contribution is -2.52. The van der Waals surface area contributed by atoms with Gasteiger partial charge in [-0.15, -0.1) is 11.6 Å². The van der Waals surface area contributed by atoms with Gasteiger partial charge in [-0.05, 0) is 237 Å². The van der Waals surface area contributed by atoms with Crippen molar-refractivity contribution in [3.05, 3.63) is 144 Å². The van der Waals surface area contributed by atoms with E-state index in [1.165, 1.54) is 83.7 Å². The third-order valence-electron chi connectivity index (χ3n) is 25.1. The lowest BCUT2D eigenvalue weighted by molar-refractivity contribution is 0.0982. The Labute approximate surface area is 772 Å². The van der Waals surface area contributed by atoms with Gasteiger partial charge in [0.1, 0.15) is 60.3 Å². The van der Waals surface area contributed by atoms with E-state index in [0.717, 1.165) is 148 Å². The van der Waals surface area contributed by atoms with Crippen LogP contribution in [0, 0.1) is 5.92 Å². The topological polar surface area (TPSA) is 287 Å². The zero-order valence-corrected chi connectivity index (χ0v) is 82.5. The van der Waals surface area contributed by atoms with E-state index in [1.807, 2.05) is 80.6 Å². The predicted octanol–water partition coefficient (Wildman–Crippen LogP) is 16.7. The molecule has 7 aliphatic rings. The first kappa shape index (κ1) is 97.3. The Bertz CT molecular complexity index is 5450. The number of benzene rings is 6. The largest absolute Gasteiger partial charge is 0.495 e. The number of piperazine rings is 2. The van der Waals surface area contributed by atoms with Gasteiger partial charge in [0.15, 0.2) is 21.5 Å². The minimum Gasteiger partial charge on any atom is -0.495 e. The van der Waals surface area contributed by atoms with Crippen LogP contribution in [0.25, 0.3) is 0 Å². The lowest BCUT2D eigenvalue weighted by Gasteiger charge is -2.42. The smallest absolute Gasteiger partial charge is 0.229 e. The molecule has 692 valence electrons. The molecule has 35 heteroatoms. The molecule has 6 aromatic carbocycles. The summed E-state index contributed by atoms with van der Waals surface area (Å²) in [6.07, 6.45) is 13.7. The maximum Gasteiger partial charge on any atom is 0.229 e. The fourth-order valence-corrected chi connectivity index (χ4v) is 22.2. The molecule has 2 unspecified atom stereocenters. The van der Waals surface area contributed by atoms with Crippen LogP contribution in [0.2, 0.25) is 10.0 Å². The van der Waals surface area contributed by atoms with Crippen LogP contribution in [0.15, 0.2) is 149 Å². The van der Waals surface area contributed by atoms with Gasteiger partial charge in [0, 0.05) is 167 Å². The van der Waals surface area contributed by atoms with Crippen LogP contribution in [-0.2, 0) is 23.5 Å². The number of piperidine rings is 4. The van der Waals surface area contributed by atoms with Crippen molar-refractivity contribution in [3.8, 4) is 17.2 Å². The average Bonchev–Trinajstić information content (AvgIpc) is 1.17. The van der Waals surface area contributed by atoms with Crippen molar-refractivity contribution in [2.24, 2.45) is 15.9 Å². The number of alkyl halides is 1. The van der Waals surface area contributed by atoms with Gasteiger partial charge >= 0.3 is 0 Å². The highest BCUT2D eigenvalue weighted by molar-refractivity contribution is 7.92. The van der Waals surface area contributed by atoms with Crippen molar-refractivity contribution < 1.29 is 36.3 Å². The van der Waals surface area contributed by atoms with Crippen molar-refractivity contribution >= 4 is 169 Å². The quantitative estimate of drug-likeness (QED) is 0.0217. The van der Waals surface area contributed by atoms with Crippen LogP contribution in [0.5, 0.6) is 17.2 Å². The van der Waals surface area contributed by atoms with E-state index in [9.17, 15) is 22.1 Å². The number of likely N-dealkylation sites (tertiary alicyclic amines) is 1. The van der Waals surface area contributed by atoms with Gasteiger partial charge < -0.3 is 89.2 Å². The van der Waals surface area contributed by atoms with Gasteiger partial charge in [-0.1, -0.05) is 54.4 Å². The molecule has 7 aliphatic heterocycles. The molecule has 15 rings (SSSR count). The molecule has 0 saturated carbocycles. The summed E-state index contributed by atoms with van der Waals surface area (Å²) >= 11 is 19.5. The Balaban J connectivity index is 0.000000164. The standard InChI is InChI=1S/C32H45ClN7O4PS.C31H43ClN7O2P.C30H42ClN6O2P/c1-22(2)46(42,43)30-19-24(39-13-11-23(12-14-39)40-17-15-38(3)16-18-40)7-9-28(30)35-31-26(33)21-34-32(37-31)36-27-10-8-25(45(5,6)41)20-29(27)44-4;1-22(2)41-28-20-24(38-14-12-23(13-15-38)39-18-16-37(3)17-19-39)10-11-26(28)35-31-33-21-25(32)30(36-31)34-27-8-6-7-9-29(27)42(4,5)40;1-21-11-15-36(16-12-21)22-13-17-37(18-14-22)23-9-10-25(27(19-23)39-2)34-30-32-20-24(31)29(35-30)33-26-7-5-6-8-28(26)40(3,4)38/h7-10,19-23H,11-18H2,1-6H3,(H2,34,35,36,37);6-11,20-23H,12-19H2,1-5H3,(H2,33,34,35,36);5-10,19-22,24,29,33H,11-18H2,1-4H3,(H,34,35). The number of sulfone groups is 1. The Morgan fingerprint density at radius 1 is 0.461 bits per heavy atom. The number of nitrogens with zero attached hydrogens (tertiary/aromatic N) is 14. The summed E-state index contributed by atoms with van der Waals surface area (Å²) in [5.74, 6) is 4.57. The molecule has 2 atom stereocenters. The number of likely N-dealkylation sites (N-methyl/N-ethyl adjacent to an activating group) is 2. The minimum absolute atomic E-state index is 0.00223.